The Morgan fingerprint density at radius 3 is 2.83 bits per heavy atom. The van der Waals surface area contributed by atoms with Crippen LogP contribution in [-0.4, -0.2) is 51.1 Å². The molecule has 4 rings (SSSR count). The third kappa shape index (κ3) is 2.13. The van der Waals surface area contributed by atoms with Gasteiger partial charge in [0.25, 0.3) is 0 Å². The van der Waals surface area contributed by atoms with Crippen molar-refractivity contribution in [3.05, 3.63) is 17.7 Å². The summed E-state index contributed by atoms with van der Waals surface area (Å²) < 4.78 is 10.7. The summed E-state index contributed by atoms with van der Waals surface area (Å²) in [6, 6.07) is 2.83. The highest BCUT2D eigenvalue weighted by atomic mass is 16.6. The van der Waals surface area contributed by atoms with Gasteiger partial charge in [0.1, 0.15) is 28.5 Å². The molecule has 0 aliphatic carbocycles. The van der Waals surface area contributed by atoms with Crippen molar-refractivity contribution in [1.29, 1.82) is 0 Å². The highest BCUT2D eigenvalue weighted by molar-refractivity contribution is 5.79. The van der Waals surface area contributed by atoms with Crippen molar-refractivity contribution in [2.45, 2.75) is 38.0 Å². The molecule has 2 unspecified atom stereocenters. The van der Waals surface area contributed by atoms with Crippen LogP contribution in [0.3, 0.4) is 0 Å². The van der Waals surface area contributed by atoms with Crippen molar-refractivity contribution in [3.8, 4) is 5.75 Å². The Kier molecular flexibility index (Phi) is 2.99. The number of rotatable bonds is 1. The molecule has 2 aliphatic heterocycles. The van der Waals surface area contributed by atoms with E-state index in [1.165, 1.54) is 0 Å². The number of hydrogen-bond acceptors (Lipinski definition) is 6. The van der Waals surface area contributed by atoms with Gasteiger partial charge in [0.05, 0.1) is 6.04 Å². The summed E-state index contributed by atoms with van der Waals surface area (Å²) in [5.41, 5.74) is 1.04. The maximum Gasteiger partial charge on any atom is 0.318 e. The zero-order valence-electron chi connectivity index (χ0n) is 12.9. The topological polar surface area (TPSA) is 101 Å². The molecule has 2 amide bonds. The van der Waals surface area contributed by atoms with Gasteiger partial charge in [-0.15, -0.1) is 0 Å². The summed E-state index contributed by atoms with van der Waals surface area (Å²) in [6.07, 6.45) is -0.0320. The third-order valence-electron chi connectivity index (χ3n) is 4.54. The average Bonchev–Trinajstić information content (AvgIpc) is 2.95. The second-order valence-corrected chi connectivity index (χ2v) is 6.52. The normalized spacial score (nSPS) is 26.6. The lowest BCUT2D eigenvalue weighted by Crippen LogP contribution is -2.58. The summed E-state index contributed by atoms with van der Waals surface area (Å²) in [5, 5.41) is 21.3. The fraction of sp³-hybridized carbons (Fsp3) is 0.533. The largest absolute Gasteiger partial charge is 0.485 e. The first-order valence-corrected chi connectivity index (χ1v) is 7.65. The van der Waals surface area contributed by atoms with Gasteiger partial charge < -0.3 is 20.1 Å². The van der Waals surface area contributed by atoms with Crippen LogP contribution < -0.4 is 10.1 Å². The number of carbonyl (C=O) groups is 1. The summed E-state index contributed by atoms with van der Waals surface area (Å²) in [7, 11) is 0. The summed E-state index contributed by atoms with van der Waals surface area (Å²) in [5.74, 6) is 0.590. The second-order valence-electron chi connectivity index (χ2n) is 6.52. The van der Waals surface area contributed by atoms with Gasteiger partial charge in [-0.1, -0.05) is 0 Å². The molecule has 0 spiro atoms. The maximum absolute atomic E-state index is 12.3. The molecule has 122 valence electrons. The molecule has 8 nitrogen and oxygen atoms in total. The number of ether oxygens (including phenoxy) is 1. The Balaban J connectivity index is 1.87. The smallest absolute Gasteiger partial charge is 0.318 e. The van der Waals surface area contributed by atoms with E-state index in [-0.39, 0.29) is 6.03 Å². The fourth-order valence-electron chi connectivity index (χ4n) is 3.29. The number of hydrogen-bond donors (Lipinski definition) is 2. The molecule has 0 saturated carbocycles. The van der Waals surface area contributed by atoms with E-state index in [2.05, 4.69) is 15.6 Å². The number of aliphatic hydroxyl groups excluding tert-OH is 1. The van der Waals surface area contributed by atoms with E-state index in [1.807, 2.05) is 0 Å². The number of nitrogens with zero attached hydrogens (tertiary/aromatic N) is 3. The highest BCUT2D eigenvalue weighted by Crippen LogP contribution is 2.44. The molecule has 1 aromatic carbocycles. The minimum absolute atomic E-state index is 0.178. The number of aliphatic hydroxyl groups is 1. The van der Waals surface area contributed by atoms with E-state index in [9.17, 15) is 9.90 Å². The number of aromatic nitrogens is 2. The lowest BCUT2D eigenvalue weighted by molar-refractivity contribution is -0.0860. The van der Waals surface area contributed by atoms with Crippen molar-refractivity contribution in [1.82, 2.24) is 20.5 Å². The first-order chi connectivity index (χ1) is 11.0. The van der Waals surface area contributed by atoms with E-state index in [4.69, 9.17) is 9.37 Å². The van der Waals surface area contributed by atoms with Crippen LogP contribution in [0.1, 0.15) is 31.9 Å². The Labute approximate surface area is 132 Å². The number of amides is 2. The molecule has 23 heavy (non-hydrogen) atoms. The minimum atomic E-state index is -0.865. The second kappa shape index (κ2) is 4.82. The molecule has 2 atom stereocenters. The van der Waals surface area contributed by atoms with E-state index < -0.39 is 17.7 Å². The molecular weight excluding hydrogens is 300 g/mol. The van der Waals surface area contributed by atoms with E-state index in [0.717, 1.165) is 12.0 Å². The number of nitrogens with one attached hydrogen (secondary N) is 1. The van der Waals surface area contributed by atoms with Gasteiger partial charge in [0.15, 0.2) is 0 Å². The van der Waals surface area contributed by atoms with Crippen LogP contribution in [0.25, 0.3) is 11.0 Å². The van der Waals surface area contributed by atoms with Crippen LogP contribution in [0.2, 0.25) is 0 Å². The SMILES string of the molecule is CC1(C)Oc2cc3nonc3cc2C(N2CCCNC2=O)C1O. The average molecular weight is 318 g/mol. The highest BCUT2D eigenvalue weighted by Gasteiger charge is 2.47. The Morgan fingerprint density at radius 2 is 2.09 bits per heavy atom. The van der Waals surface area contributed by atoms with Gasteiger partial charge in [0, 0.05) is 24.7 Å². The molecule has 2 N–H and O–H groups in total. The van der Waals surface area contributed by atoms with Crippen LogP contribution in [0, 0.1) is 0 Å². The molecule has 1 fully saturated rings. The first kappa shape index (κ1) is 14.3. The van der Waals surface area contributed by atoms with Gasteiger partial charge in [-0.2, -0.15) is 0 Å². The molecule has 2 aliphatic rings. The number of fused-ring (bicyclic) bond motifs is 2. The van der Waals surface area contributed by atoms with Crippen molar-refractivity contribution in [2.24, 2.45) is 0 Å². The fourth-order valence-corrected chi connectivity index (χ4v) is 3.29. The Morgan fingerprint density at radius 1 is 1.35 bits per heavy atom. The van der Waals surface area contributed by atoms with Gasteiger partial charge in [-0.3, -0.25) is 0 Å². The molecule has 8 heteroatoms. The van der Waals surface area contributed by atoms with Gasteiger partial charge in [0.2, 0.25) is 0 Å². The van der Waals surface area contributed by atoms with E-state index >= 15 is 0 Å². The number of carbonyl (C=O) groups excluding carboxylic acids is 1. The van der Waals surface area contributed by atoms with Crippen LogP contribution >= 0.6 is 0 Å². The summed E-state index contributed by atoms with van der Waals surface area (Å²) in [4.78, 5) is 14.0. The van der Waals surface area contributed by atoms with Crippen molar-refractivity contribution in [3.63, 3.8) is 0 Å². The van der Waals surface area contributed by atoms with Gasteiger partial charge in [-0.25, -0.2) is 9.42 Å². The molecule has 2 aromatic rings. The minimum Gasteiger partial charge on any atom is -0.485 e. The first-order valence-electron chi connectivity index (χ1n) is 7.65. The molecule has 3 heterocycles. The predicted octanol–water partition coefficient (Wildman–Crippen LogP) is 1.21. The standard InChI is InChI=1S/C15H18N4O4/c1-15(2)13(20)12(19-5-3-4-16-14(19)21)8-6-9-10(18-23-17-9)7-11(8)22-15/h6-7,12-13,20H,3-5H2,1-2H3,(H,16,21). The predicted molar refractivity (Wildman–Crippen MR) is 80.0 cm³/mol. The number of benzene rings is 1. The van der Waals surface area contributed by atoms with E-state index in [0.29, 0.717) is 29.9 Å². The zero-order chi connectivity index (χ0) is 16.2. The van der Waals surface area contributed by atoms with Crippen LogP contribution in [0.15, 0.2) is 16.8 Å². The molecule has 0 radical (unpaired) electrons. The quantitative estimate of drug-likeness (QED) is 0.819. The lowest BCUT2D eigenvalue weighted by Gasteiger charge is -2.47. The van der Waals surface area contributed by atoms with Crippen LogP contribution in [0.5, 0.6) is 5.75 Å². The number of urea groups is 1. The molecule has 1 aromatic heterocycles. The zero-order valence-corrected chi connectivity index (χ0v) is 12.9. The van der Waals surface area contributed by atoms with Crippen LogP contribution in [-0.2, 0) is 0 Å². The van der Waals surface area contributed by atoms with E-state index in [1.54, 1.807) is 30.9 Å². The summed E-state index contributed by atoms with van der Waals surface area (Å²) >= 11 is 0. The molecular formula is C15H18N4O4. The van der Waals surface area contributed by atoms with Crippen LogP contribution in [0.4, 0.5) is 4.79 Å². The third-order valence-corrected chi connectivity index (χ3v) is 4.54. The van der Waals surface area contributed by atoms with Crippen molar-refractivity contribution >= 4 is 17.1 Å². The summed E-state index contributed by atoms with van der Waals surface area (Å²) in [6.45, 7) is 4.84. The Hall–Kier alpha value is -2.35. The van der Waals surface area contributed by atoms with Crippen molar-refractivity contribution in [2.75, 3.05) is 13.1 Å². The molecule has 0 bridgehead atoms. The molecule has 1 saturated heterocycles. The van der Waals surface area contributed by atoms with Gasteiger partial charge >= 0.3 is 6.03 Å². The van der Waals surface area contributed by atoms with Crippen molar-refractivity contribution < 1.29 is 19.3 Å². The monoisotopic (exact) mass is 318 g/mol. The van der Waals surface area contributed by atoms with Gasteiger partial charge in [-0.05, 0) is 36.6 Å². The lowest BCUT2D eigenvalue weighted by atomic mass is 9.85. The Bertz CT molecular complexity index is 772. The maximum atomic E-state index is 12.3.